The summed E-state index contributed by atoms with van der Waals surface area (Å²) < 4.78 is 0. The zero-order valence-corrected chi connectivity index (χ0v) is 19.1. The summed E-state index contributed by atoms with van der Waals surface area (Å²) in [5.74, 6) is 0. The Morgan fingerprint density at radius 2 is 1.00 bits per heavy atom. The topological polar surface area (TPSA) is 0 Å². The number of rotatable bonds is 5. The number of hydrogen-bond donors (Lipinski definition) is 0. The summed E-state index contributed by atoms with van der Waals surface area (Å²) in [7, 11) is -1.44. The van der Waals surface area contributed by atoms with Crippen LogP contribution in [-0.4, -0.2) is 8.07 Å². The van der Waals surface area contributed by atoms with Crippen LogP contribution in [0.25, 0.3) is 11.1 Å². The van der Waals surface area contributed by atoms with Gasteiger partial charge in [-0.25, -0.2) is 0 Å². The highest BCUT2D eigenvalue weighted by atomic mass is 32.2. The number of hydrogen-bond acceptors (Lipinski definition) is 0. The molecule has 0 aliphatic rings. The van der Waals surface area contributed by atoms with Gasteiger partial charge in [0.15, 0.2) is 14.7 Å². The molecule has 4 aromatic rings. The van der Waals surface area contributed by atoms with Crippen molar-refractivity contribution in [1.29, 1.82) is 0 Å². The van der Waals surface area contributed by atoms with Crippen LogP contribution in [0, 0.1) is 0 Å². The van der Waals surface area contributed by atoms with E-state index in [9.17, 15) is 0 Å². The predicted octanol–water partition coefficient (Wildman–Crippen LogP) is 6.99. The minimum atomic E-state index is -1.30. The summed E-state index contributed by atoms with van der Waals surface area (Å²) in [5.41, 5.74) is 2.62. The second-order valence-electron chi connectivity index (χ2n) is 8.26. The lowest BCUT2D eigenvalue weighted by Gasteiger charge is -2.17. The summed E-state index contributed by atoms with van der Waals surface area (Å²) >= 11 is 0. The molecule has 0 nitrogen and oxygen atoms in total. The van der Waals surface area contributed by atoms with E-state index < -0.39 is 8.07 Å². The van der Waals surface area contributed by atoms with Crippen LogP contribution < -0.4 is 5.19 Å². The van der Waals surface area contributed by atoms with Gasteiger partial charge >= 0.3 is 0 Å². The van der Waals surface area contributed by atoms with Crippen LogP contribution in [0.2, 0.25) is 19.6 Å². The lowest BCUT2D eigenvalue weighted by atomic mass is 10.1. The van der Waals surface area contributed by atoms with Crippen LogP contribution in [0.5, 0.6) is 0 Å². The van der Waals surface area contributed by atoms with Crippen molar-refractivity contribution in [2.45, 2.75) is 34.3 Å². The minimum Gasteiger partial charge on any atom is -0.0656 e. The van der Waals surface area contributed by atoms with Crippen molar-refractivity contribution in [2.24, 2.45) is 0 Å². The molecule has 0 aromatic heterocycles. The largest absolute Gasteiger partial charge is 0.174 e. The molecule has 0 radical (unpaired) electrons. The maximum atomic E-state index is 2.40. The monoisotopic (exact) mass is 411 g/mol. The second-order valence-corrected chi connectivity index (χ2v) is 15.3. The maximum absolute atomic E-state index is 2.40. The molecule has 0 bridgehead atoms. The van der Waals surface area contributed by atoms with Crippen molar-refractivity contribution >= 4 is 24.2 Å². The Morgan fingerprint density at radius 3 is 1.52 bits per heavy atom. The fourth-order valence-electron chi connectivity index (χ4n) is 3.54. The average Bonchev–Trinajstić information content (AvgIpc) is 2.75. The molecular formula is C27H27SSi+. The molecule has 0 saturated heterocycles. The molecule has 0 spiro atoms. The SMILES string of the molecule is C[Si](C)(C)c1ccc(-c2ccccc2[S+](c2ccccc2)c2ccccc2)cc1. The van der Waals surface area contributed by atoms with Gasteiger partial charge in [0.25, 0.3) is 0 Å². The van der Waals surface area contributed by atoms with E-state index in [0.717, 1.165) is 0 Å². The van der Waals surface area contributed by atoms with Crippen molar-refractivity contribution in [3.8, 4) is 11.1 Å². The van der Waals surface area contributed by atoms with E-state index >= 15 is 0 Å². The van der Waals surface area contributed by atoms with Gasteiger partial charge < -0.3 is 0 Å². The summed E-state index contributed by atoms with van der Waals surface area (Å²) in [6.45, 7) is 7.20. The zero-order valence-electron chi connectivity index (χ0n) is 17.3. The zero-order chi connectivity index (χ0) is 20.3. The van der Waals surface area contributed by atoms with E-state index in [2.05, 4.69) is 129 Å². The molecule has 0 amide bonds. The fraction of sp³-hybridized carbons (Fsp3) is 0.111. The van der Waals surface area contributed by atoms with Crippen LogP contribution in [0.1, 0.15) is 0 Å². The standard InChI is InChI=1S/C27H27SSi/c1-29(2,3)25-20-18-22(19-21-25)26-16-10-11-17-27(26)28(23-12-6-4-7-13-23)24-14-8-5-9-15-24/h4-21H,1-3H3/q+1. The van der Waals surface area contributed by atoms with Crippen molar-refractivity contribution in [2.75, 3.05) is 0 Å². The van der Waals surface area contributed by atoms with Crippen LogP contribution in [0.15, 0.2) is 124 Å². The molecule has 0 aliphatic heterocycles. The third-order valence-electron chi connectivity index (χ3n) is 5.13. The first-order chi connectivity index (χ1) is 14.0. The summed E-state index contributed by atoms with van der Waals surface area (Å²) in [5, 5.41) is 1.50. The summed E-state index contributed by atoms with van der Waals surface area (Å²) in [4.78, 5) is 4.08. The molecule has 0 saturated carbocycles. The molecular weight excluding hydrogens is 384 g/mol. The van der Waals surface area contributed by atoms with Crippen LogP contribution >= 0.6 is 0 Å². The van der Waals surface area contributed by atoms with Crippen molar-refractivity contribution in [3.63, 3.8) is 0 Å². The van der Waals surface area contributed by atoms with E-state index in [-0.39, 0.29) is 10.9 Å². The van der Waals surface area contributed by atoms with Crippen molar-refractivity contribution in [3.05, 3.63) is 109 Å². The molecule has 0 atom stereocenters. The molecule has 144 valence electrons. The van der Waals surface area contributed by atoms with Gasteiger partial charge in [0.1, 0.15) is 0 Å². The average molecular weight is 412 g/mol. The first-order valence-corrected chi connectivity index (χ1v) is 14.8. The van der Waals surface area contributed by atoms with E-state index in [1.54, 1.807) is 0 Å². The third kappa shape index (κ3) is 4.39. The lowest BCUT2D eigenvalue weighted by Crippen LogP contribution is -2.37. The molecule has 2 heteroatoms. The molecule has 0 unspecified atom stereocenters. The smallest absolute Gasteiger partial charge is 0.0656 e. The van der Waals surface area contributed by atoms with E-state index in [0.29, 0.717) is 0 Å². The molecule has 4 aromatic carbocycles. The van der Waals surface area contributed by atoms with Crippen molar-refractivity contribution in [1.82, 2.24) is 0 Å². The molecule has 29 heavy (non-hydrogen) atoms. The van der Waals surface area contributed by atoms with E-state index in [1.165, 1.54) is 31.0 Å². The minimum absolute atomic E-state index is 0.140. The maximum Gasteiger partial charge on any atom is 0.174 e. The normalized spacial score (nSPS) is 11.6. The molecule has 4 rings (SSSR count). The van der Waals surface area contributed by atoms with Crippen LogP contribution in [-0.2, 0) is 10.9 Å². The van der Waals surface area contributed by atoms with Gasteiger partial charge in [-0.05, 0) is 42.0 Å². The second kappa shape index (κ2) is 8.44. The highest BCUT2D eigenvalue weighted by Crippen LogP contribution is 2.37. The Bertz CT molecular complexity index is 1030. The Balaban J connectivity index is 1.86. The predicted molar refractivity (Wildman–Crippen MR) is 130 cm³/mol. The Hall–Kier alpha value is -2.55. The number of benzene rings is 4. The Morgan fingerprint density at radius 1 is 0.517 bits per heavy atom. The van der Waals surface area contributed by atoms with Gasteiger partial charge in [0, 0.05) is 5.56 Å². The van der Waals surface area contributed by atoms with E-state index in [1.807, 2.05) is 0 Å². The quantitative estimate of drug-likeness (QED) is 0.245. The first-order valence-electron chi connectivity index (χ1n) is 10.1. The Kier molecular flexibility index (Phi) is 5.75. The Labute approximate surface area is 178 Å². The first kappa shape index (κ1) is 19.7. The van der Waals surface area contributed by atoms with Crippen molar-refractivity contribution < 1.29 is 0 Å². The fourth-order valence-corrected chi connectivity index (χ4v) is 6.96. The summed E-state index contributed by atoms with van der Waals surface area (Å²) in [6.07, 6.45) is 0. The van der Waals surface area contributed by atoms with E-state index in [4.69, 9.17) is 0 Å². The van der Waals surface area contributed by atoms with Gasteiger partial charge in [0.05, 0.1) is 19.0 Å². The van der Waals surface area contributed by atoms with Gasteiger partial charge in [-0.15, -0.1) is 0 Å². The highest BCUT2D eigenvalue weighted by molar-refractivity contribution is 7.97. The van der Waals surface area contributed by atoms with Crippen LogP contribution in [0.4, 0.5) is 0 Å². The highest BCUT2D eigenvalue weighted by Gasteiger charge is 2.31. The summed E-state index contributed by atoms with van der Waals surface area (Å²) in [6, 6.07) is 39.9. The van der Waals surface area contributed by atoms with Gasteiger partial charge in [0.2, 0.25) is 0 Å². The molecule has 0 aliphatic carbocycles. The molecule has 0 N–H and O–H groups in total. The lowest BCUT2D eigenvalue weighted by molar-refractivity contribution is 1.32. The third-order valence-corrected chi connectivity index (χ3v) is 9.48. The van der Waals surface area contributed by atoms with Gasteiger partial charge in [-0.2, -0.15) is 0 Å². The van der Waals surface area contributed by atoms with Crippen LogP contribution in [0.3, 0.4) is 0 Å². The molecule has 0 heterocycles. The molecule has 0 fully saturated rings. The van der Waals surface area contributed by atoms with Gasteiger partial charge in [-0.1, -0.05) is 97.6 Å². The van der Waals surface area contributed by atoms with Gasteiger partial charge in [-0.3, -0.25) is 0 Å².